The molecule has 1 aromatic heterocycles. The zero-order chi connectivity index (χ0) is 41.4. The minimum absolute atomic E-state index is 0.00184. The monoisotopic (exact) mass is 822 g/mol. The van der Waals surface area contributed by atoms with Crippen LogP contribution >= 0.6 is 11.8 Å². The zero-order valence-corrected chi connectivity index (χ0v) is 34.9. The maximum absolute atomic E-state index is 14.7. The van der Waals surface area contributed by atoms with Gasteiger partial charge in [0, 0.05) is 98.3 Å². The number of carbonyl (C=O) groups excluding carboxylic acids is 1. The summed E-state index contributed by atoms with van der Waals surface area (Å²) >= 11 is 1.55. The summed E-state index contributed by atoms with van der Waals surface area (Å²) in [7, 11) is 3.69. The molecule has 2 N–H and O–H groups in total. The number of para-hydroxylation sites is 1. The molecule has 5 aromatic rings. The van der Waals surface area contributed by atoms with Crippen molar-refractivity contribution in [3.8, 4) is 11.3 Å². The molecule has 1 aliphatic heterocycles. The molecule has 0 radical (unpaired) electrons. The SMILES string of the molecule is CN(C)CC[C@H](CSc1ccccc1)N(C(=O)c1ccc(N2CCN(Cc3cccnc3-c3ccccc3N(C)C)CC2)cc1)c1ccc(S(N)(=O)=O)cc1[N+](=O)[O-]. The fourth-order valence-electron chi connectivity index (χ4n) is 7.14. The summed E-state index contributed by atoms with van der Waals surface area (Å²) in [6.07, 6.45) is 2.34. The molecule has 0 aliphatic carbocycles. The van der Waals surface area contributed by atoms with Crippen LogP contribution in [0.2, 0.25) is 0 Å². The lowest BCUT2D eigenvalue weighted by Gasteiger charge is -2.36. The normalized spacial score (nSPS) is 14.0. The first-order valence-electron chi connectivity index (χ1n) is 19.1. The fraction of sp³-hybridized carbons (Fsp3) is 0.302. The molecule has 6 rings (SSSR count). The van der Waals surface area contributed by atoms with Gasteiger partial charge in [-0.05, 0) is 93.3 Å². The molecule has 1 atom stereocenters. The van der Waals surface area contributed by atoms with Gasteiger partial charge in [0.05, 0.1) is 15.5 Å². The number of piperazine rings is 1. The first-order valence-corrected chi connectivity index (χ1v) is 21.6. The van der Waals surface area contributed by atoms with E-state index in [4.69, 9.17) is 10.1 Å². The Morgan fingerprint density at radius 3 is 2.22 bits per heavy atom. The number of hydrogen-bond donors (Lipinski definition) is 1. The molecular formula is C43H50N8O5S2. The highest BCUT2D eigenvalue weighted by molar-refractivity contribution is 7.99. The number of anilines is 3. The Bertz CT molecular complexity index is 2300. The number of sulfonamides is 1. The van der Waals surface area contributed by atoms with E-state index in [2.05, 4.69) is 32.9 Å². The molecule has 2 heterocycles. The highest BCUT2D eigenvalue weighted by atomic mass is 32.2. The molecule has 1 amide bonds. The van der Waals surface area contributed by atoms with Crippen molar-refractivity contribution in [2.45, 2.75) is 28.8 Å². The molecule has 1 fully saturated rings. The van der Waals surface area contributed by atoms with Crippen LogP contribution in [0.15, 0.2) is 125 Å². The first kappa shape index (κ1) is 42.3. The van der Waals surface area contributed by atoms with Gasteiger partial charge in [-0.25, -0.2) is 13.6 Å². The van der Waals surface area contributed by atoms with Crippen LogP contribution in [0.1, 0.15) is 22.3 Å². The second-order valence-electron chi connectivity index (χ2n) is 14.7. The molecule has 0 saturated carbocycles. The predicted molar refractivity (Wildman–Crippen MR) is 233 cm³/mol. The number of thioether (sulfide) groups is 1. The molecule has 15 heteroatoms. The van der Waals surface area contributed by atoms with Gasteiger partial charge in [0.1, 0.15) is 5.69 Å². The number of hydrogen-bond acceptors (Lipinski definition) is 11. The van der Waals surface area contributed by atoms with E-state index in [0.717, 1.165) is 66.3 Å². The third-order valence-electron chi connectivity index (χ3n) is 10.2. The van der Waals surface area contributed by atoms with Crippen molar-refractivity contribution in [3.05, 3.63) is 137 Å². The highest BCUT2D eigenvalue weighted by Gasteiger charge is 2.33. The van der Waals surface area contributed by atoms with E-state index in [0.29, 0.717) is 24.3 Å². The standard InChI is InChI=1S/C43H50N8O5S2/c1-46(2)24-22-35(31-57-36-12-6-5-7-13-36)50(40-21-20-37(58(44,55)56)29-41(40)51(53)54)43(52)32-16-18-34(19-17-32)49-27-25-48(26-28-49)30-33-11-10-23-45-42(33)38-14-8-9-15-39(38)47(3)4/h5-21,23,29,35H,22,24-28,30-31H2,1-4H3,(H2,44,55,56)/t35-/m1/s1. The van der Waals surface area contributed by atoms with Gasteiger partial charge < -0.3 is 14.7 Å². The lowest BCUT2D eigenvalue weighted by molar-refractivity contribution is -0.384. The van der Waals surface area contributed by atoms with Crippen LogP contribution in [-0.4, -0.2) is 107 Å². The van der Waals surface area contributed by atoms with E-state index in [1.54, 1.807) is 23.9 Å². The van der Waals surface area contributed by atoms with Crippen molar-refractivity contribution in [3.63, 3.8) is 0 Å². The molecule has 0 unspecified atom stereocenters. The van der Waals surface area contributed by atoms with Crippen molar-refractivity contribution in [2.75, 3.05) is 81.4 Å². The third-order valence-corrected chi connectivity index (χ3v) is 12.3. The molecule has 1 saturated heterocycles. The quantitative estimate of drug-likeness (QED) is 0.0665. The Morgan fingerprint density at radius 2 is 1.57 bits per heavy atom. The van der Waals surface area contributed by atoms with Crippen LogP contribution in [-0.2, 0) is 16.6 Å². The number of nitro benzene ring substituents is 1. The molecule has 1 aliphatic rings. The topological polar surface area (TPSA) is 149 Å². The Morgan fingerprint density at radius 1 is 0.879 bits per heavy atom. The van der Waals surface area contributed by atoms with Gasteiger partial charge in [-0.1, -0.05) is 42.5 Å². The number of nitro groups is 1. The number of benzene rings is 4. The number of primary sulfonamides is 1. The molecule has 304 valence electrons. The summed E-state index contributed by atoms with van der Waals surface area (Å²) < 4.78 is 24.5. The van der Waals surface area contributed by atoms with Crippen molar-refractivity contribution in [1.29, 1.82) is 0 Å². The third kappa shape index (κ3) is 10.4. The predicted octanol–water partition coefficient (Wildman–Crippen LogP) is 6.45. The first-order chi connectivity index (χ1) is 27.8. The van der Waals surface area contributed by atoms with Gasteiger partial charge in [-0.2, -0.15) is 0 Å². The lowest BCUT2D eigenvalue weighted by atomic mass is 10.0. The number of carbonyl (C=O) groups is 1. The average molecular weight is 823 g/mol. The summed E-state index contributed by atoms with van der Waals surface area (Å²) in [5.74, 6) is 0.00584. The second-order valence-corrected chi connectivity index (χ2v) is 17.4. The van der Waals surface area contributed by atoms with Gasteiger partial charge >= 0.3 is 0 Å². The Balaban J connectivity index is 1.23. The zero-order valence-electron chi connectivity index (χ0n) is 33.3. The van der Waals surface area contributed by atoms with Crippen LogP contribution in [0.4, 0.5) is 22.7 Å². The van der Waals surface area contributed by atoms with Gasteiger partial charge in [-0.15, -0.1) is 11.8 Å². The van der Waals surface area contributed by atoms with Crippen LogP contribution in [0, 0.1) is 10.1 Å². The van der Waals surface area contributed by atoms with Gasteiger partial charge in [0.2, 0.25) is 10.0 Å². The molecular weight excluding hydrogens is 773 g/mol. The van der Waals surface area contributed by atoms with Crippen molar-refractivity contribution >= 4 is 50.4 Å². The largest absolute Gasteiger partial charge is 0.377 e. The van der Waals surface area contributed by atoms with Crippen molar-refractivity contribution in [2.24, 2.45) is 5.14 Å². The van der Waals surface area contributed by atoms with Crippen LogP contribution in [0.3, 0.4) is 0 Å². The Hall–Kier alpha value is -5.32. The number of aromatic nitrogens is 1. The van der Waals surface area contributed by atoms with Gasteiger partial charge in [0.15, 0.2) is 0 Å². The molecule has 58 heavy (non-hydrogen) atoms. The van der Waals surface area contributed by atoms with E-state index in [-0.39, 0.29) is 5.69 Å². The minimum atomic E-state index is -4.25. The second kappa shape index (κ2) is 19.0. The maximum atomic E-state index is 14.7. The number of nitrogens with zero attached hydrogens (tertiary/aromatic N) is 7. The summed E-state index contributed by atoms with van der Waals surface area (Å²) in [5.41, 5.74) is 5.18. The van der Waals surface area contributed by atoms with Gasteiger partial charge in [-0.3, -0.25) is 29.7 Å². The Kier molecular flexibility index (Phi) is 13.8. The average Bonchev–Trinajstić information content (AvgIpc) is 3.22. The number of amides is 1. The number of nitrogens with two attached hydrogens (primary N) is 1. The van der Waals surface area contributed by atoms with E-state index in [1.165, 1.54) is 22.6 Å². The lowest BCUT2D eigenvalue weighted by Crippen LogP contribution is -2.46. The van der Waals surface area contributed by atoms with E-state index >= 15 is 0 Å². The summed E-state index contributed by atoms with van der Waals surface area (Å²) in [6, 6.07) is 32.5. The number of pyridine rings is 1. The highest BCUT2D eigenvalue weighted by Crippen LogP contribution is 2.36. The van der Waals surface area contributed by atoms with E-state index in [1.807, 2.05) is 100.0 Å². The summed E-state index contributed by atoms with van der Waals surface area (Å²) in [5, 5.41) is 17.9. The minimum Gasteiger partial charge on any atom is -0.377 e. The van der Waals surface area contributed by atoms with Gasteiger partial charge in [0.25, 0.3) is 11.6 Å². The van der Waals surface area contributed by atoms with Crippen molar-refractivity contribution in [1.82, 2.24) is 14.8 Å². The van der Waals surface area contributed by atoms with Crippen LogP contribution in [0.25, 0.3) is 11.3 Å². The molecule has 13 nitrogen and oxygen atoms in total. The molecule has 4 aromatic carbocycles. The van der Waals surface area contributed by atoms with Crippen LogP contribution in [0.5, 0.6) is 0 Å². The van der Waals surface area contributed by atoms with E-state index < -0.39 is 37.5 Å². The fourth-order valence-corrected chi connectivity index (χ4v) is 8.72. The van der Waals surface area contributed by atoms with E-state index in [9.17, 15) is 23.3 Å². The molecule has 0 bridgehead atoms. The molecule has 0 spiro atoms. The van der Waals surface area contributed by atoms with Crippen LogP contribution < -0.4 is 19.8 Å². The maximum Gasteiger partial charge on any atom is 0.294 e. The number of rotatable bonds is 16. The van der Waals surface area contributed by atoms with Crippen molar-refractivity contribution < 1.29 is 18.1 Å². The smallest absolute Gasteiger partial charge is 0.294 e. The Labute approximate surface area is 345 Å². The summed E-state index contributed by atoms with van der Waals surface area (Å²) in [6.45, 7) is 4.61. The summed E-state index contributed by atoms with van der Waals surface area (Å²) in [4.78, 5) is 42.2.